The van der Waals surface area contributed by atoms with E-state index in [-0.39, 0.29) is 12.6 Å². The molecule has 10 heteroatoms. The van der Waals surface area contributed by atoms with Crippen molar-refractivity contribution >= 4 is 34.0 Å². The zero-order valence-electron chi connectivity index (χ0n) is 23.2. The van der Waals surface area contributed by atoms with E-state index in [0.717, 1.165) is 67.2 Å². The van der Waals surface area contributed by atoms with Gasteiger partial charge in [0, 0.05) is 55.4 Å². The summed E-state index contributed by atoms with van der Waals surface area (Å²) in [6, 6.07) is 13.3. The van der Waals surface area contributed by atoms with Crippen LogP contribution in [0.2, 0.25) is 0 Å². The summed E-state index contributed by atoms with van der Waals surface area (Å²) in [6.45, 7) is 2.92. The number of piperidine rings is 1. The molecule has 0 saturated carbocycles. The van der Waals surface area contributed by atoms with Crippen LogP contribution in [0.5, 0.6) is 5.75 Å². The predicted octanol–water partition coefficient (Wildman–Crippen LogP) is 6.31. The summed E-state index contributed by atoms with van der Waals surface area (Å²) in [5.74, 6) is 6.67. The lowest BCUT2D eigenvalue weighted by atomic mass is 10.0. The molecule has 1 fully saturated rings. The molecule has 0 radical (unpaired) electrons. The number of anilines is 2. The Labute approximate surface area is 238 Å². The summed E-state index contributed by atoms with van der Waals surface area (Å²) < 4.78 is 52.6. The number of nitrogens with one attached hydrogen (secondary N) is 2. The number of alkyl halides is 3. The number of rotatable bonds is 11. The van der Waals surface area contributed by atoms with Crippen LogP contribution in [0.3, 0.4) is 0 Å². The van der Waals surface area contributed by atoms with Crippen molar-refractivity contribution in [1.82, 2.24) is 9.47 Å². The molecule has 1 saturated heterocycles. The van der Waals surface area contributed by atoms with Crippen LogP contribution in [0.15, 0.2) is 47.4 Å². The Morgan fingerprint density at radius 3 is 2.58 bits per heavy atom. The topological polar surface area (TPSA) is 50.7 Å². The zero-order valence-corrected chi connectivity index (χ0v) is 24.1. The normalized spacial score (nSPS) is 14.7. The molecule has 1 aromatic heterocycles. The summed E-state index contributed by atoms with van der Waals surface area (Å²) in [6.07, 6.45) is 0.589. The third-order valence-electron chi connectivity index (χ3n) is 7.05. The highest BCUT2D eigenvalue weighted by Crippen LogP contribution is 2.32. The van der Waals surface area contributed by atoms with Crippen molar-refractivity contribution in [2.75, 3.05) is 63.9 Å². The summed E-state index contributed by atoms with van der Waals surface area (Å²) in [5, 5.41) is 7.56. The fourth-order valence-corrected chi connectivity index (χ4v) is 5.46. The minimum atomic E-state index is -4.37. The second kappa shape index (κ2) is 14.1. The van der Waals surface area contributed by atoms with Crippen LogP contribution in [0.4, 0.5) is 24.5 Å². The molecule has 2 aromatic carbocycles. The third-order valence-corrected chi connectivity index (χ3v) is 7.77. The van der Waals surface area contributed by atoms with E-state index in [9.17, 15) is 13.2 Å². The summed E-state index contributed by atoms with van der Waals surface area (Å²) in [4.78, 5) is 3.51. The molecular formula is C30H37F3N4O2S. The summed E-state index contributed by atoms with van der Waals surface area (Å²) >= 11 is 1.61. The van der Waals surface area contributed by atoms with Crippen LogP contribution in [-0.2, 0) is 11.3 Å². The van der Waals surface area contributed by atoms with E-state index in [1.54, 1.807) is 44.2 Å². The van der Waals surface area contributed by atoms with Gasteiger partial charge in [0.1, 0.15) is 12.3 Å². The lowest BCUT2D eigenvalue weighted by molar-refractivity contribution is -0.140. The van der Waals surface area contributed by atoms with Gasteiger partial charge in [0.05, 0.1) is 30.6 Å². The molecule has 40 heavy (non-hydrogen) atoms. The van der Waals surface area contributed by atoms with Crippen LogP contribution in [-0.4, -0.2) is 74.9 Å². The molecule has 3 aromatic rings. The maximum Gasteiger partial charge on any atom is 0.406 e. The molecule has 0 atom stereocenters. The quantitative estimate of drug-likeness (QED) is 0.159. The van der Waals surface area contributed by atoms with Gasteiger partial charge < -0.3 is 29.6 Å². The number of halogens is 3. The zero-order chi connectivity index (χ0) is 28.5. The van der Waals surface area contributed by atoms with Crippen molar-refractivity contribution in [2.24, 2.45) is 0 Å². The molecule has 0 aliphatic carbocycles. The van der Waals surface area contributed by atoms with Crippen LogP contribution >= 0.6 is 11.8 Å². The summed E-state index contributed by atoms with van der Waals surface area (Å²) in [5.41, 5.74) is 2.48. The fourth-order valence-electron chi connectivity index (χ4n) is 5.04. The number of aromatic nitrogens is 1. The van der Waals surface area contributed by atoms with Gasteiger partial charge in [-0.05, 0) is 67.8 Å². The van der Waals surface area contributed by atoms with Crippen molar-refractivity contribution in [2.45, 2.75) is 42.9 Å². The second-order valence-corrected chi connectivity index (χ2v) is 10.7. The Morgan fingerprint density at radius 2 is 1.88 bits per heavy atom. The second-order valence-electron chi connectivity index (χ2n) is 9.80. The first-order valence-corrected chi connectivity index (χ1v) is 14.7. The number of ether oxygens (including phenoxy) is 2. The van der Waals surface area contributed by atoms with Crippen molar-refractivity contribution in [1.29, 1.82) is 0 Å². The number of thioether (sulfide) groups is 1. The van der Waals surface area contributed by atoms with E-state index in [2.05, 4.69) is 27.4 Å². The van der Waals surface area contributed by atoms with Gasteiger partial charge in [-0.3, -0.25) is 0 Å². The van der Waals surface area contributed by atoms with E-state index in [1.165, 1.54) is 4.57 Å². The van der Waals surface area contributed by atoms with E-state index in [4.69, 9.17) is 9.47 Å². The van der Waals surface area contributed by atoms with Crippen LogP contribution < -0.4 is 15.4 Å². The number of likely N-dealkylation sites (tertiary alicyclic amines) is 1. The number of benzene rings is 2. The Bertz CT molecular complexity index is 1320. The molecule has 4 rings (SSSR count). The summed E-state index contributed by atoms with van der Waals surface area (Å²) in [7, 11) is 3.32. The standard InChI is InChI=1S/C30H37F3N4O2S/c1-38-18-6-15-36-16-12-22(13-17-36)35-26-8-4-9-28-25(26)19-23(37(28)21-30(31,32)33)7-5-14-34-27-11-10-24(40-3)20-29(27)39-2/h4,8-11,19-20,22,34-35H,6,12-18,21H2,1-3H3. The van der Waals surface area contributed by atoms with Crippen molar-refractivity contribution in [3.05, 3.63) is 48.2 Å². The van der Waals surface area contributed by atoms with Crippen molar-refractivity contribution in [3.8, 4) is 17.6 Å². The smallest absolute Gasteiger partial charge is 0.406 e. The lowest BCUT2D eigenvalue weighted by Crippen LogP contribution is -2.39. The number of hydrogen-bond donors (Lipinski definition) is 2. The van der Waals surface area contributed by atoms with Gasteiger partial charge in [-0.2, -0.15) is 13.2 Å². The first-order chi connectivity index (χ1) is 19.3. The SMILES string of the molecule is COCCCN1CCC(Nc2cccc3c2cc(C#CCNc2ccc(SC)cc2OC)n3CC(F)(F)F)CC1. The van der Waals surface area contributed by atoms with E-state index < -0.39 is 12.7 Å². The van der Waals surface area contributed by atoms with Gasteiger partial charge in [-0.25, -0.2) is 0 Å². The molecule has 6 nitrogen and oxygen atoms in total. The first-order valence-electron chi connectivity index (χ1n) is 13.4. The predicted molar refractivity (Wildman–Crippen MR) is 158 cm³/mol. The van der Waals surface area contributed by atoms with Gasteiger partial charge in [0.15, 0.2) is 0 Å². The molecule has 0 spiro atoms. The van der Waals surface area contributed by atoms with E-state index >= 15 is 0 Å². The van der Waals surface area contributed by atoms with Gasteiger partial charge >= 0.3 is 6.18 Å². The lowest BCUT2D eigenvalue weighted by Gasteiger charge is -2.33. The molecular weight excluding hydrogens is 537 g/mol. The van der Waals surface area contributed by atoms with Crippen LogP contribution in [0.25, 0.3) is 10.9 Å². The van der Waals surface area contributed by atoms with Crippen molar-refractivity contribution in [3.63, 3.8) is 0 Å². The van der Waals surface area contributed by atoms with Gasteiger partial charge in [0.2, 0.25) is 0 Å². The minimum Gasteiger partial charge on any atom is -0.495 e. The fraction of sp³-hybridized carbons (Fsp3) is 0.467. The maximum absolute atomic E-state index is 13.6. The Hall–Kier alpha value is -3.00. The highest BCUT2D eigenvalue weighted by atomic mass is 32.2. The number of hydrogen-bond acceptors (Lipinski definition) is 6. The van der Waals surface area contributed by atoms with Crippen LogP contribution in [0, 0.1) is 11.8 Å². The Balaban J connectivity index is 1.51. The minimum absolute atomic E-state index is 0.260. The van der Waals surface area contributed by atoms with E-state index in [1.807, 2.05) is 30.5 Å². The molecule has 2 heterocycles. The molecule has 2 N–H and O–H groups in total. The highest BCUT2D eigenvalue weighted by molar-refractivity contribution is 7.98. The number of fused-ring (bicyclic) bond motifs is 1. The molecule has 0 bridgehead atoms. The van der Waals surface area contributed by atoms with Gasteiger partial charge in [-0.1, -0.05) is 12.0 Å². The monoisotopic (exact) mass is 574 g/mol. The molecule has 0 unspecified atom stereocenters. The number of nitrogens with zero attached hydrogens (tertiary/aromatic N) is 2. The molecule has 1 aliphatic heterocycles. The molecule has 1 aliphatic rings. The van der Waals surface area contributed by atoms with Crippen molar-refractivity contribution < 1.29 is 22.6 Å². The Kier molecular flexibility index (Phi) is 10.5. The van der Waals surface area contributed by atoms with Crippen LogP contribution in [0.1, 0.15) is 25.0 Å². The number of methoxy groups -OCH3 is 2. The molecule has 0 amide bonds. The maximum atomic E-state index is 13.6. The average molecular weight is 575 g/mol. The molecule has 216 valence electrons. The average Bonchev–Trinajstić information content (AvgIpc) is 3.28. The van der Waals surface area contributed by atoms with Gasteiger partial charge in [-0.15, -0.1) is 11.8 Å². The highest BCUT2D eigenvalue weighted by Gasteiger charge is 2.30. The van der Waals surface area contributed by atoms with E-state index in [0.29, 0.717) is 17.0 Å². The Morgan fingerprint density at radius 1 is 1.07 bits per heavy atom. The first kappa shape index (κ1) is 30.0. The third kappa shape index (κ3) is 8.03. The van der Waals surface area contributed by atoms with Gasteiger partial charge in [0.25, 0.3) is 0 Å². The largest absolute Gasteiger partial charge is 0.495 e.